The first-order valence-electron chi connectivity index (χ1n) is 6.40. The highest BCUT2D eigenvalue weighted by molar-refractivity contribution is 5.11. The fourth-order valence-electron chi connectivity index (χ4n) is 2.42. The predicted octanol–water partition coefficient (Wildman–Crippen LogP) is 2.11. The Labute approximate surface area is 101 Å². The molecule has 0 saturated carbocycles. The third kappa shape index (κ3) is 2.78. The molecule has 1 aliphatic rings. The maximum absolute atomic E-state index is 5.64. The summed E-state index contributed by atoms with van der Waals surface area (Å²) >= 11 is 0. The maximum Gasteiger partial charge on any atom is 0.0769 e. The molecule has 0 aliphatic carbocycles. The van der Waals surface area contributed by atoms with Crippen LogP contribution >= 0.6 is 0 Å². The van der Waals surface area contributed by atoms with Crippen LogP contribution in [0, 0.1) is 18.3 Å². The van der Waals surface area contributed by atoms with Crippen molar-refractivity contribution in [2.75, 3.05) is 13.1 Å². The highest BCUT2D eigenvalue weighted by Gasteiger charge is 2.35. The smallest absolute Gasteiger partial charge is 0.0769 e. The second-order valence-corrected chi connectivity index (χ2v) is 5.61. The first kappa shape index (κ1) is 13.5. The topological polar surface area (TPSA) is 15.3 Å². The van der Waals surface area contributed by atoms with Crippen molar-refractivity contribution in [1.82, 2.24) is 10.2 Å². The summed E-state index contributed by atoms with van der Waals surface area (Å²) < 4.78 is 0. The SMILES string of the molecule is C#CC(C)(C)N1CC(C(C)CC)NCC1C. The Morgan fingerprint density at radius 1 is 1.56 bits per heavy atom. The van der Waals surface area contributed by atoms with E-state index in [9.17, 15) is 0 Å². The van der Waals surface area contributed by atoms with Gasteiger partial charge in [0.15, 0.2) is 0 Å². The Balaban J connectivity index is 2.74. The van der Waals surface area contributed by atoms with Gasteiger partial charge in [-0.05, 0) is 26.7 Å². The van der Waals surface area contributed by atoms with E-state index >= 15 is 0 Å². The van der Waals surface area contributed by atoms with Crippen molar-refractivity contribution in [2.45, 2.75) is 58.7 Å². The normalized spacial score (nSPS) is 29.8. The van der Waals surface area contributed by atoms with Crippen molar-refractivity contribution in [2.24, 2.45) is 5.92 Å². The van der Waals surface area contributed by atoms with Crippen molar-refractivity contribution in [3.8, 4) is 12.3 Å². The van der Waals surface area contributed by atoms with E-state index in [1.165, 1.54) is 6.42 Å². The summed E-state index contributed by atoms with van der Waals surface area (Å²) in [5, 5.41) is 3.64. The first-order chi connectivity index (χ1) is 7.42. The number of hydrogen-bond acceptors (Lipinski definition) is 2. The lowest BCUT2D eigenvalue weighted by atomic mass is 9.92. The summed E-state index contributed by atoms with van der Waals surface area (Å²) in [5.41, 5.74) is -0.132. The van der Waals surface area contributed by atoms with E-state index in [0.29, 0.717) is 18.0 Å². The van der Waals surface area contributed by atoms with E-state index in [-0.39, 0.29) is 5.54 Å². The van der Waals surface area contributed by atoms with Crippen LogP contribution in [0.5, 0.6) is 0 Å². The lowest BCUT2D eigenvalue weighted by Gasteiger charge is -2.47. The molecule has 1 heterocycles. The molecule has 0 aromatic heterocycles. The molecule has 2 heteroatoms. The van der Waals surface area contributed by atoms with Crippen LogP contribution in [-0.2, 0) is 0 Å². The van der Waals surface area contributed by atoms with Gasteiger partial charge in [-0.25, -0.2) is 0 Å². The Kier molecular flexibility index (Phi) is 4.41. The lowest BCUT2D eigenvalue weighted by molar-refractivity contribution is 0.0582. The van der Waals surface area contributed by atoms with Crippen LogP contribution in [0.1, 0.15) is 41.0 Å². The second kappa shape index (κ2) is 5.21. The van der Waals surface area contributed by atoms with E-state index in [1.54, 1.807) is 0 Å². The van der Waals surface area contributed by atoms with Crippen LogP contribution in [0.4, 0.5) is 0 Å². The van der Waals surface area contributed by atoms with Crippen molar-refractivity contribution in [3.05, 3.63) is 0 Å². The van der Waals surface area contributed by atoms with Crippen LogP contribution in [0.2, 0.25) is 0 Å². The molecule has 0 bridgehead atoms. The van der Waals surface area contributed by atoms with Gasteiger partial charge < -0.3 is 5.32 Å². The molecule has 1 rings (SSSR count). The summed E-state index contributed by atoms with van der Waals surface area (Å²) in [6, 6.07) is 1.10. The van der Waals surface area contributed by atoms with Gasteiger partial charge in [0.2, 0.25) is 0 Å². The fraction of sp³-hybridized carbons (Fsp3) is 0.857. The van der Waals surface area contributed by atoms with Gasteiger partial charge in [-0.2, -0.15) is 0 Å². The number of terminal acetylenes is 1. The van der Waals surface area contributed by atoms with Crippen LogP contribution in [0.15, 0.2) is 0 Å². The zero-order valence-electron chi connectivity index (χ0n) is 11.4. The van der Waals surface area contributed by atoms with Crippen LogP contribution in [-0.4, -0.2) is 35.6 Å². The van der Waals surface area contributed by atoms with Crippen LogP contribution in [0.3, 0.4) is 0 Å². The Morgan fingerprint density at radius 3 is 2.69 bits per heavy atom. The number of nitrogens with zero attached hydrogens (tertiary/aromatic N) is 1. The average molecular weight is 222 g/mol. The average Bonchev–Trinajstić information content (AvgIpc) is 2.28. The number of piperazine rings is 1. The van der Waals surface area contributed by atoms with E-state index < -0.39 is 0 Å². The third-order valence-corrected chi connectivity index (χ3v) is 4.00. The minimum atomic E-state index is -0.132. The van der Waals surface area contributed by atoms with Crippen molar-refractivity contribution < 1.29 is 0 Å². The number of hydrogen-bond donors (Lipinski definition) is 1. The Morgan fingerprint density at radius 2 is 2.19 bits per heavy atom. The highest BCUT2D eigenvalue weighted by atomic mass is 15.3. The molecule has 1 N–H and O–H groups in total. The quantitative estimate of drug-likeness (QED) is 0.736. The second-order valence-electron chi connectivity index (χ2n) is 5.61. The van der Waals surface area contributed by atoms with E-state index in [2.05, 4.69) is 50.8 Å². The molecule has 3 atom stereocenters. The third-order valence-electron chi connectivity index (χ3n) is 4.00. The molecule has 1 saturated heterocycles. The van der Waals surface area contributed by atoms with Crippen LogP contribution in [0.25, 0.3) is 0 Å². The molecule has 0 aromatic rings. The summed E-state index contributed by atoms with van der Waals surface area (Å²) in [6.07, 6.45) is 6.86. The molecule has 3 unspecified atom stereocenters. The van der Waals surface area contributed by atoms with Crippen molar-refractivity contribution in [1.29, 1.82) is 0 Å². The summed E-state index contributed by atoms with van der Waals surface area (Å²) in [7, 11) is 0. The van der Waals surface area contributed by atoms with Gasteiger partial charge in [0.1, 0.15) is 0 Å². The molecular formula is C14H26N2. The molecule has 92 valence electrons. The van der Waals surface area contributed by atoms with E-state index in [4.69, 9.17) is 6.42 Å². The zero-order valence-corrected chi connectivity index (χ0v) is 11.4. The predicted molar refractivity (Wildman–Crippen MR) is 70.3 cm³/mol. The Bertz CT molecular complexity index is 264. The minimum Gasteiger partial charge on any atom is -0.311 e. The van der Waals surface area contributed by atoms with Crippen LogP contribution < -0.4 is 5.32 Å². The fourth-order valence-corrected chi connectivity index (χ4v) is 2.42. The summed E-state index contributed by atoms with van der Waals surface area (Å²) in [6.45, 7) is 13.2. The molecule has 0 aromatic carbocycles. The van der Waals surface area contributed by atoms with Gasteiger partial charge in [0.25, 0.3) is 0 Å². The van der Waals surface area contributed by atoms with Crippen molar-refractivity contribution >= 4 is 0 Å². The Hall–Kier alpha value is -0.520. The molecule has 2 nitrogen and oxygen atoms in total. The zero-order chi connectivity index (χ0) is 12.3. The molecule has 1 fully saturated rings. The monoisotopic (exact) mass is 222 g/mol. The van der Waals surface area contributed by atoms with Gasteiger partial charge in [-0.3, -0.25) is 4.90 Å². The maximum atomic E-state index is 5.64. The minimum absolute atomic E-state index is 0.132. The molecule has 1 aliphatic heterocycles. The molecule has 0 radical (unpaired) electrons. The van der Waals surface area contributed by atoms with Gasteiger partial charge in [-0.15, -0.1) is 6.42 Å². The van der Waals surface area contributed by atoms with Gasteiger partial charge >= 0.3 is 0 Å². The lowest BCUT2D eigenvalue weighted by Crippen LogP contribution is -2.62. The van der Waals surface area contributed by atoms with Gasteiger partial charge in [0.05, 0.1) is 5.54 Å². The first-order valence-corrected chi connectivity index (χ1v) is 6.40. The van der Waals surface area contributed by atoms with Crippen molar-refractivity contribution in [3.63, 3.8) is 0 Å². The molecule has 0 spiro atoms. The number of nitrogens with one attached hydrogen (secondary N) is 1. The molecular weight excluding hydrogens is 196 g/mol. The molecule has 0 amide bonds. The van der Waals surface area contributed by atoms with E-state index in [0.717, 1.165) is 13.1 Å². The number of rotatable bonds is 3. The summed E-state index contributed by atoms with van der Waals surface area (Å²) in [4.78, 5) is 2.46. The summed E-state index contributed by atoms with van der Waals surface area (Å²) in [5.74, 6) is 3.63. The van der Waals surface area contributed by atoms with Gasteiger partial charge in [0, 0.05) is 25.2 Å². The standard InChI is InChI=1S/C14H26N2/c1-7-11(3)13-10-16(12(4)9-15-13)14(5,6)8-2/h2,11-13,15H,7,9-10H2,1,3-6H3. The van der Waals surface area contributed by atoms with E-state index in [1.807, 2.05) is 0 Å². The molecule has 16 heavy (non-hydrogen) atoms. The largest absolute Gasteiger partial charge is 0.311 e. The van der Waals surface area contributed by atoms with Gasteiger partial charge in [-0.1, -0.05) is 26.2 Å². The highest BCUT2D eigenvalue weighted by Crippen LogP contribution is 2.23.